The van der Waals surface area contributed by atoms with Gasteiger partial charge in [0, 0.05) is 25.3 Å². The van der Waals surface area contributed by atoms with E-state index in [0.29, 0.717) is 18.7 Å². The van der Waals surface area contributed by atoms with Gasteiger partial charge < -0.3 is 15.2 Å². The summed E-state index contributed by atoms with van der Waals surface area (Å²) >= 11 is 0. The molecular weight excluding hydrogens is 264 g/mol. The molecule has 0 radical (unpaired) electrons. The van der Waals surface area contributed by atoms with Gasteiger partial charge >= 0.3 is 0 Å². The van der Waals surface area contributed by atoms with Gasteiger partial charge in [0.1, 0.15) is 5.75 Å². The van der Waals surface area contributed by atoms with Crippen LogP contribution in [0.4, 0.5) is 5.69 Å². The van der Waals surface area contributed by atoms with Gasteiger partial charge in [0.05, 0.1) is 4.92 Å². The summed E-state index contributed by atoms with van der Waals surface area (Å²) in [6.45, 7) is 2.34. The number of nitro benzene ring substituents is 1. The van der Waals surface area contributed by atoms with Gasteiger partial charge in [-0.15, -0.1) is 0 Å². The molecule has 110 valence electrons. The SMILES string of the molecule is CC(CCO)CNC(=O)COc1ccc([N+](=O)[O-])cc1. The number of rotatable bonds is 8. The van der Waals surface area contributed by atoms with E-state index in [2.05, 4.69) is 5.32 Å². The van der Waals surface area contributed by atoms with Crippen molar-refractivity contribution in [3.8, 4) is 5.75 Å². The fraction of sp³-hybridized carbons (Fsp3) is 0.462. The van der Waals surface area contributed by atoms with Crippen molar-refractivity contribution in [2.24, 2.45) is 5.92 Å². The lowest BCUT2D eigenvalue weighted by Crippen LogP contribution is -2.32. The largest absolute Gasteiger partial charge is 0.484 e. The fourth-order valence-electron chi connectivity index (χ4n) is 1.47. The minimum absolute atomic E-state index is 0.0281. The first kappa shape index (κ1) is 15.9. The van der Waals surface area contributed by atoms with Gasteiger partial charge in [-0.2, -0.15) is 0 Å². The lowest BCUT2D eigenvalue weighted by molar-refractivity contribution is -0.384. The van der Waals surface area contributed by atoms with Gasteiger partial charge in [0.15, 0.2) is 6.61 Å². The van der Waals surface area contributed by atoms with Gasteiger partial charge in [-0.3, -0.25) is 14.9 Å². The number of carbonyl (C=O) groups is 1. The molecule has 0 aromatic heterocycles. The van der Waals surface area contributed by atoms with Crippen LogP contribution in [0.15, 0.2) is 24.3 Å². The van der Waals surface area contributed by atoms with Gasteiger partial charge in [0.2, 0.25) is 0 Å². The summed E-state index contributed by atoms with van der Waals surface area (Å²) in [5.41, 5.74) is -0.0281. The molecule has 1 aromatic carbocycles. The Morgan fingerprint density at radius 1 is 1.45 bits per heavy atom. The van der Waals surface area contributed by atoms with E-state index in [-0.39, 0.29) is 30.7 Å². The number of carbonyl (C=O) groups excluding carboxylic acids is 1. The van der Waals surface area contributed by atoms with Gasteiger partial charge in [-0.25, -0.2) is 0 Å². The highest BCUT2D eigenvalue weighted by molar-refractivity contribution is 5.77. The summed E-state index contributed by atoms with van der Waals surface area (Å²) in [5, 5.41) is 21.9. The zero-order chi connectivity index (χ0) is 15.0. The fourth-order valence-corrected chi connectivity index (χ4v) is 1.47. The van der Waals surface area contributed by atoms with Crippen LogP contribution in [0.1, 0.15) is 13.3 Å². The van der Waals surface area contributed by atoms with E-state index >= 15 is 0 Å². The van der Waals surface area contributed by atoms with Crippen LogP contribution in [0.2, 0.25) is 0 Å². The third kappa shape index (κ3) is 5.66. The Morgan fingerprint density at radius 3 is 2.65 bits per heavy atom. The van der Waals surface area contributed by atoms with Crippen molar-refractivity contribution in [1.82, 2.24) is 5.32 Å². The van der Waals surface area contributed by atoms with Gasteiger partial charge in [-0.1, -0.05) is 6.92 Å². The van der Waals surface area contributed by atoms with E-state index in [1.807, 2.05) is 6.92 Å². The van der Waals surface area contributed by atoms with Gasteiger partial charge in [-0.05, 0) is 24.5 Å². The smallest absolute Gasteiger partial charge is 0.269 e. The van der Waals surface area contributed by atoms with Crippen molar-refractivity contribution in [3.05, 3.63) is 34.4 Å². The average Bonchev–Trinajstić information content (AvgIpc) is 2.43. The first-order chi connectivity index (χ1) is 9.52. The van der Waals surface area contributed by atoms with E-state index in [9.17, 15) is 14.9 Å². The van der Waals surface area contributed by atoms with Crippen LogP contribution in [0.3, 0.4) is 0 Å². The molecule has 1 atom stereocenters. The molecule has 1 rings (SSSR count). The van der Waals surface area contributed by atoms with Crippen LogP contribution >= 0.6 is 0 Å². The molecule has 0 heterocycles. The predicted octanol–water partition coefficient (Wildman–Crippen LogP) is 1.11. The van der Waals surface area contributed by atoms with E-state index in [1.54, 1.807) is 0 Å². The maximum atomic E-state index is 11.5. The number of nitrogens with one attached hydrogen (secondary N) is 1. The second-order valence-electron chi connectivity index (χ2n) is 4.46. The van der Waals surface area contributed by atoms with Crippen molar-refractivity contribution >= 4 is 11.6 Å². The topological polar surface area (TPSA) is 102 Å². The van der Waals surface area contributed by atoms with Crippen LogP contribution in [-0.4, -0.2) is 35.7 Å². The number of non-ortho nitro benzene ring substituents is 1. The van der Waals surface area contributed by atoms with Crippen LogP contribution in [0, 0.1) is 16.0 Å². The monoisotopic (exact) mass is 282 g/mol. The van der Waals surface area contributed by atoms with E-state index in [0.717, 1.165) is 0 Å². The standard InChI is InChI=1S/C13H18N2O5/c1-10(6-7-16)8-14-13(17)9-20-12-4-2-11(3-5-12)15(18)19/h2-5,10,16H,6-9H2,1H3,(H,14,17). The summed E-state index contributed by atoms with van der Waals surface area (Å²) in [6, 6.07) is 5.52. The molecule has 1 amide bonds. The molecule has 0 aliphatic heterocycles. The molecule has 1 unspecified atom stereocenters. The molecule has 0 saturated carbocycles. The quantitative estimate of drug-likeness (QED) is 0.549. The van der Waals surface area contributed by atoms with E-state index < -0.39 is 4.92 Å². The maximum absolute atomic E-state index is 11.5. The van der Waals surface area contributed by atoms with Crippen LogP contribution in [-0.2, 0) is 4.79 Å². The first-order valence-electron chi connectivity index (χ1n) is 6.27. The third-order valence-corrected chi connectivity index (χ3v) is 2.69. The van der Waals surface area contributed by atoms with Crippen molar-refractivity contribution < 1.29 is 19.6 Å². The lowest BCUT2D eigenvalue weighted by Gasteiger charge is -2.11. The highest BCUT2D eigenvalue weighted by Gasteiger charge is 2.07. The second-order valence-corrected chi connectivity index (χ2v) is 4.46. The number of hydrogen-bond donors (Lipinski definition) is 2. The molecule has 7 nitrogen and oxygen atoms in total. The van der Waals surface area contributed by atoms with Crippen molar-refractivity contribution in [1.29, 1.82) is 0 Å². The summed E-state index contributed by atoms with van der Waals surface area (Å²) in [6.07, 6.45) is 0.628. The Kier molecular flexibility index (Phi) is 6.45. The Bertz CT molecular complexity index is 447. The Hall–Kier alpha value is -2.15. The normalized spacial score (nSPS) is 11.7. The molecule has 2 N–H and O–H groups in total. The predicted molar refractivity (Wildman–Crippen MR) is 72.5 cm³/mol. The van der Waals surface area contributed by atoms with E-state index in [1.165, 1.54) is 24.3 Å². The number of nitrogens with zero attached hydrogens (tertiary/aromatic N) is 1. The minimum Gasteiger partial charge on any atom is -0.484 e. The molecule has 0 aliphatic rings. The average molecular weight is 282 g/mol. The molecule has 1 aromatic rings. The van der Waals surface area contributed by atoms with Gasteiger partial charge in [0.25, 0.3) is 11.6 Å². The summed E-state index contributed by atoms with van der Waals surface area (Å²) in [5.74, 6) is 0.325. The molecule has 0 aliphatic carbocycles. The molecular formula is C13H18N2O5. The maximum Gasteiger partial charge on any atom is 0.269 e. The molecule has 7 heteroatoms. The summed E-state index contributed by atoms with van der Waals surface area (Å²) in [7, 11) is 0. The van der Waals surface area contributed by atoms with Crippen LogP contribution < -0.4 is 10.1 Å². The number of aliphatic hydroxyl groups excluding tert-OH is 1. The highest BCUT2D eigenvalue weighted by Crippen LogP contribution is 2.16. The molecule has 20 heavy (non-hydrogen) atoms. The second kappa shape index (κ2) is 8.11. The van der Waals surface area contributed by atoms with E-state index in [4.69, 9.17) is 9.84 Å². The summed E-state index contributed by atoms with van der Waals surface area (Å²) < 4.78 is 5.21. The number of hydrogen-bond acceptors (Lipinski definition) is 5. The first-order valence-corrected chi connectivity index (χ1v) is 6.27. The minimum atomic E-state index is -0.501. The number of ether oxygens (including phenoxy) is 1. The summed E-state index contributed by atoms with van der Waals surface area (Å²) in [4.78, 5) is 21.5. The zero-order valence-electron chi connectivity index (χ0n) is 11.2. The molecule has 0 bridgehead atoms. The molecule has 0 saturated heterocycles. The van der Waals surface area contributed by atoms with Crippen LogP contribution in [0.5, 0.6) is 5.75 Å². The lowest BCUT2D eigenvalue weighted by atomic mass is 10.1. The Morgan fingerprint density at radius 2 is 2.10 bits per heavy atom. The number of amides is 1. The third-order valence-electron chi connectivity index (χ3n) is 2.69. The highest BCUT2D eigenvalue weighted by atomic mass is 16.6. The zero-order valence-corrected chi connectivity index (χ0v) is 11.2. The number of nitro groups is 1. The Labute approximate surface area is 116 Å². The molecule has 0 spiro atoms. The van der Waals surface area contributed by atoms with Crippen molar-refractivity contribution in [2.45, 2.75) is 13.3 Å². The van der Waals surface area contributed by atoms with Crippen LogP contribution in [0.25, 0.3) is 0 Å². The Balaban J connectivity index is 2.32. The molecule has 0 fully saturated rings. The number of aliphatic hydroxyl groups is 1. The number of benzene rings is 1. The van der Waals surface area contributed by atoms with Crippen molar-refractivity contribution in [2.75, 3.05) is 19.8 Å². The van der Waals surface area contributed by atoms with Crippen molar-refractivity contribution in [3.63, 3.8) is 0 Å².